The molecule has 0 N–H and O–H groups in total. The van der Waals surface area contributed by atoms with E-state index in [1.165, 1.54) is 0 Å². The van der Waals surface area contributed by atoms with Crippen LogP contribution in [0.25, 0.3) is 10.8 Å². The van der Waals surface area contributed by atoms with Gasteiger partial charge in [0.2, 0.25) is 5.75 Å². The van der Waals surface area contributed by atoms with E-state index in [2.05, 4.69) is 9.88 Å². The molecule has 2 heterocycles. The van der Waals surface area contributed by atoms with Crippen molar-refractivity contribution in [1.29, 1.82) is 0 Å². The number of rotatable bonds is 5. The Hall–Kier alpha value is -3.48. The van der Waals surface area contributed by atoms with Gasteiger partial charge in [0.05, 0.1) is 21.3 Å². The van der Waals surface area contributed by atoms with E-state index in [9.17, 15) is 4.79 Å². The predicted octanol–water partition coefficient (Wildman–Crippen LogP) is 3.22. The van der Waals surface area contributed by atoms with Crippen LogP contribution >= 0.6 is 0 Å². The average molecular weight is 407 g/mol. The van der Waals surface area contributed by atoms with Crippen LogP contribution in [0.15, 0.2) is 48.7 Å². The minimum Gasteiger partial charge on any atom is -0.493 e. The standard InChI is InChI=1S/C23H25N3O4/c1-28-19-15-17-14-16(7-8-18(17)21(29-2)22(19)30-3)23(27)26-12-10-25(11-13-26)20-6-4-5-9-24-20/h4-9,14-15H,10-13H2,1-3H3. The van der Waals surface area contributed by atoms with Gasteiger partial charge in [0, 0.05) is 43.3 Å². The Bertz CT molecular complexity index is 1050. The topological polar surface area (TPSA) is 64.1 Å². The van der Waals surface area contributed by atoms with E-state index >= 15 is 0 Å². The number of anilines is 1. The average Bonchev–Trinajstić information content (AvgIpc) is 2.82. The third-order valence-electron chi connectivity index (χ3n) is 5.43. The molecule has 0 bridgehead atoms. The number of benzene rings is 2. The van der Waals surface area contributed by atoms with E-state index < -0.39 is 0 Å². The molecule has 3 aromatic rings. The summed E-state index contributed by atoms with van der Waals surface area (Å²) in [6.45, 7) is 2.83. The van der Waals surface area contributed by atoms with Crippen molar-refractivity contribution in [3.05, 3.63) is 54.2 Å². The van der Waals surface area contributed by atoms with Gasteiger partial charge < -0.3 is 24.0 Å². The normalized spacial score (nSPS) is 14.0. The number of methoxy groups -OCH3 is 3. The van der Waals surface area contributed by atoms with Gasteiger partial charge in [-0.25, -0.2) is 4.98 Å². The summed E-state index contributed by atoms with van der Waals surface area (Å²) in [7, 11) is 4.75. The SMILES string of the molecule is COc1cc2cc(C(=O)N3CCN(c4ccccn4)CC3)ccc2c(OC)c1OC. The lowest BCUT2D eigenvalue weighted by Gasteiger charge is -2.35. The van der Waals surface area contributed by atoms with Gasteiger partial charge in [0.15, 0.2) is 11.5 Å². The first-order valence-corrected chi connectivity index (χ1v) is 9.84. The quantitative estimate of drug-likeness (QED) is 0.647. The molecule has 0 saturated carbocycles. The second-order valence-corrected chi connectivity index (χ2v) is 7.05. The summed E-state index contributed by atoms with van der Waals surface area (Å²) in [5, 5.41) is 1.73. The highest BCUT2D eigenvalue weighted by Gasteiger charge is 2.24. The van der Waals surface area contributed by atoms with E-state index in [1.54, 1.807) is 27.5 Å². The van der Waals surface area contributed by atoms with Crippen LogP contribution in [0.3, 0.4) is 0 Å². The van der Waals surface area contributed by atoms with Crippen LogP contribution in [-0.4, -0.2) is 63.3 Å². The number of carbonyl (C=O) groups excluding carboxylic acids is 1. The maximum absolute atomic E-state index is 13.1. The molecule has 4 rings (SSSR count). The maximum atomic E-state index is 13.1. The molecule has 0 radical (unpaired) electrons. The van der Waals surface area contributed by atoms with E-state index in [4.69, 9.17) is 14.2 Å². The predicted molar refractivity (Wildman–Crippen MR) is 116 cm³/mol. The van der Waals surface area contributed by atoms with Gasteiger partial charge in [0.1, 0.15) is 5.82 Å². The highest BCUT2D eigenvalue weighted by molar-refractivity contribution is 6.01. The summed E-state index contributed by atoms with van der Waals surface area (Å²) >= 11 is 0. The fourth-order valence-corrected chi connectivity index (χ4v) is 3.87. The third-order valence-corrected chi connectivity index (χ3v) is 5.43. The summed E-state index contributed by atoms with van der Waals surface area (Å²) in [4.78, 5) is 21.6. The molecule has 0 unspecified atom stereocenters. The Labute approximate surface area is 175 Å². The maximum Gasteiger partial charge on any atom is 0.253 e. The molecular weight excluding hydrogens is 382 g/mol. The zero-order chi connectivity index (χ0) is 21.1. The van der Waals surface area contributed by atoms with Crippen molar-refractivity contribution in [3.8, 4) is 17.2 Å². The number of hydrogen-bond acceptors (Lipinski definition) is 6. The molecule has 1 amide bonds. The number of ether oxygens (including phenoxy) is 3. The first kappa shape index (κ1) is 19.8. The van der Waals surface area contributed by atoms with Crippen molar-refractivity contribution in [2.24, 2.45) is 0 Å². The lowest BCUT2D eigenvalue weighted by molar-refractivity contribution is 0.0746. The molecule has 30 heavy (non-hydrogen) atoms. The van der Waals surface area contributed by atoms with E-state index in [1.807, 2.05) is 47.4 Å². The number of pyridine rings is 1. The van der Waals surface area contributed by atoms with Crippen molar-refractivity contribution >= 4 is 22.5 Å². The molecule has 0 aliphatic carbocycles. The number of nitrogens with zero attached hydrogens (tertiary/aromatic N) is 3. The largest absolute Gasteiger partial charge is 0.493 e. The van der Waals surface area contributed by atoms with Gasteiger partial charge in [-0.15, -0.1) is 0 Å². The monoisotopic (exact) mass is 407 g/mol. The third kappa shape index (κ3) is 3.58. The molecule has 7 heteroatoms. The molecule has 0 atom stereocenters. The van der Waals surface area contributed by atoms with Gasteiger partial charge in [-0.1, -0.05) is 6.07 Å². The van der Waals surface area contributed by atoms with Gasteiger partial charge in [-0.05, 0) is 41.8 Å². The van der Waals surface area contributed by atoms with Crippen molar-refractivity contribution in [3.63, 3.8) is 0 Å². The first-order chi connectivity index (χ1) is 14.7. The van der Waals surface area contributed by atoms with Gasteiger partial charge in [-0.2, -0.15) is 0 Å². The second-order valence-electron chi connectivity index (χ2n) is 7.05. The Morgan fingerprint density at radius 1 is 0.900 bits per heavy atom. The fourth-order valence-electron chi connectivity index (χ4n) is 3.87. The zero-order valence-corrected chi connectivity index (χ0v) is 17.4. The van der Waals surface area contributed by atoms with E-state index in [0.29, 0.717) is 35.9 Å². The van der Waals surface area contributed by atoms with Gasteiger partial charge in [0.25, 0.3) is 5.91 Å². The number of hydrogen-bond donors (Lipinski definition) is 0. The van der Waals surface area contributed by atoms with Crippen molar-refractivity contribution in [1.82, 2.24) is 9.88 Å². The molecule has 1 aliphatic heterocycles. The molecule has 1 aromatic heterocycles. The second kappa shape index (κ2) is 8.49. The summed E-state index contributed by atoms with van der Waals surface area (Å²) in [6, 6.07) is 13.4. The minimum absolute atomic E-state index is 0.0197. The fraction of sp³-hybridized carbons (Fsp3) is 0.304. The minimum atomic E-state index is 0.0197. The molecule has 1 fully saturated rings. The Morgan fingerprint density at radius 2 is 1.67 bits per heavy atom. The molecule has 7 nitrogen and oxygen atoms in total. The molecule has 1 saturated heterocycles. The first-order valence-electron chi connectivity index (χ1n) is 9.84. The van der Waals surface area contributed by atoms with Crippen LogP contribution in [0.5, 0.6) is 17.2 Å². The highest BCUT2D eigenvalue weighted by atomic mass is 16.5. The van der Waals surface area contributed by atoms with Crippen molar-refractivity contribution in [2.75, 3.05) is 52.4 Å². The Morgan fingerprint density at radius 3 is 2.30 bits per heavy atom. The molecule has 1 aliphatic rings. The molecular formula is C23H25N3O4. The summed E-state index contributed by atoms with van der Waals surface area (Å²) < 4.78 is 16.4. The molecule has 2 aromatic carbocycles. The number of fused-ring (bicyclic) bond motifs is 1. The van der Waals surface area contributed by atoms with Gasteiger partial charge in [-0.3, -0.25) is 4.79 Å². The lowest BCUT2D eigenvalue weighted by atomic mass is 10.0. The molecule has 0 spiro atoms. The lowest BCUT2D eigenvalue weighted by Crippen LogP contribution is -2.49. The van der Waals surface area contributed by atoms with Crippen LogP contribution in [0.2, 0.25) is 0 Å². The van der Waals surface area contributed by atoms with Crippen LogP contribution in [-0.2, 0) is 0 Å². The number of piperazine rings is 1. The van der Waals surface area contributed by atoms with Crippen molar-refractivity contribution in [2.45, 2.75) is 0 Å². The van der Waals surface area contributed by atoms with E-state index in [0.717, 1.165) is 29.7 Å². The number of carbonyl (C=O) groups is 1. The summed E-state index contributed by atoms with van der Waals surface area (Å²) in [5.74, 6) is 2.66. The zero-order valence-electron chi connectivity index (χ0n) is 17.4. The molecule has 156 valence electrons. The smallest absolute Gasteiger partial charge is 0.253 e. The van der Waals surface area contributed by atoms with Crippen LogP contribution < -0.4 is 19.1 Å². The van der Waals surface area contributed by atoms with E-state index in [-0.39, 0.29) is 5.91 Å². The van der Waals surface area contributed by atoms with Crippen molar-refractivity contribution < 1.29 is 19.0 Å². The Balaban J connectivity index is 1.57. The van der Waals surface area contributed by atoms with Crippen LogP contribution in [0.1, 0.15) is 10.4 Å². The number of amides is 1. The Kier molecular flexibility index (Phi) is 5.61. The summed E-state index contributed by atoms with van der Waals surface area (Å²) in [6.07, 6.45) is 1.79. The number of aromatic nitrogens is 1. The van der Waals surface area contributed by atoms with Crippen LogP contribution in [0, 0.1) is 0 Å². The summed E-state index contributed by atoms with van der Waals surface area (Å²) in [5.41, 5.74) is 0.642. The highest BCUT2D eigenvalue weighted by Crippen LogP contribution is 2.43. The van der Waals surface area contributed by atoms with Gasteiger partial charge >= 0.3 is 0 Å². The van der Waals surface area contributed by atoms with Crippen LogP contribution in [0.4, 0.5) is 5.82 Å².